The highest BCUT2D eigenvalue weighted by Gasteiger charge is 2.34. The quantitative estimate of drug-likeness (QED) is 0.0923. The monoisotopic (exact) mass is 653 g/mol. The van der Waals surface area contributed by atoms with Crippen LogP contribution in [0, 0.1) is 18.7 Å². The van der Waals surface area contributed by atoms with Crippen molar-refractivity contribution in [3.05, 3.63) is 101 Å². The number of nitrogens with two attached hydrogens (primary N) is 1. The number of pyridine rings is 1. The van der Waals surface area contributed by atoms with Gasteiger partial charge in [0.25, 0.3) is 5.91 Å². The summed E-state index contributed by atoms with van der Waals surface area (Å²) in [4.78, 5) is 24.9. The number of aromatic nitrogens is 3. The van der Waals surface area contributed by atoms with Gasteiger partial charge in [-0.15, -0.1) is 12.8 Å². The van der Waals surface area contributed by atoms with Crippen molar-refractivity contribution in [3.8, 4) is 12.8 Å². The van der Waals surface area contributed by atoms with Crippen LogP contribution in [0.1, 0.15) is 48.5 Å². The van der Waals surface area contributed by atoms with E-state index in [0.29, 0.717) is 56.2 Å². The Balaban J connectivity index is 0.00000294. The van der Waals surface area contributed by atoms with Crippen LogP contribution in [-0.4, -0.2) is 69.4 Å². The molecule has 1 saturated heterocycles. The van der Waals surface area contributed by atoms with Gasteiger partial charge in [-0.1, -0.05) is 37.3 Å². The first-order valence-electron chi connectivity index (χ1n) is 14.6. The summed E-state index contributed by atoms with van der Waals surface area (Å²) >= 11 is 0. The van der Waals surface area contributed by atoms with Crippen LogP contribution in [0.25, 0.3) is 11.6 Å². The van der Waals surface area contributed by atoms with Gasteiger partial charge >= 0.3 is 6.18 Å². The Morgan fingerprint density at radius 1 is 1.06 bits per heavy atom. The largest absolute Gasteiger partial charge is 0.419 e. The van der Waals surface area contributed by atoms with Gasteiger partial charge in [-0.3, -0.25) is 9.69 Å². The zero-order valence-electron chi connectivity index (χ0n) is 26.1. The van der Waals surface area contributed by atoms with Crippen LogP contribution in [-0.2, 0) is 17.5 Å². The molecule has 3 aromatic rings. The minimum Gasteiger partial charge on any atom is -0.383 e. The second kappa shape index (κ2) is 17.0. The average Bonchev–Trinajstić information content (AvgIpc) is 3.48. The standard InChI is InChI=1S/C32H34F5N7O.C2H2/c1-3-4-5-29-39-20-28(44(29)41-19-24-16-27(32(35,36)37)30(38)40-18-24)22(2)6-9-25(17-33)31(45)43-14-12-42(13-15-43)21-23-7-10-26(34)11-8-23;1-2/h4-11,16,18-20H,3,12-15,17,21H2,1-2H3,(H2,38,40);1-2H/b5-4-,22-6+,25-9+,41-19+;. The number of nitrogens with zero attached hydrogens (tertiary/aromatic N) is 6. The molecule has 47 heavy (non-hydrogen) atoms. The summed E-state index contributed by atoms with van der Waals surface area (Å²) in [6, 6.07) is 7.14. The van der Waals surface area contributed by atoms with Crippen LogP contribution in [0.4, 0.5) is 27.8 Å². The van der Waals surface area contributed by atoms with Gasteiger partial charge in [0.1, 0.15) is 18.3 Å². The normalized spacial score (nSPS) is 14.9. The van der Waals surface area contributed by atoms with Crippen molar-refractivity contribution < 1.29 is 26.7 Å². The van der Waals surface area contributed by atoms with Crippen LogP contribution in [0.15, 0.2) is 71.6 Å². The van der Waals surface area contributed by atoms with Gasteiger partial charge in [-0.2, -0.15) is 18.3 Å². The molecule has 248 valence electrons. The van der Waals surface area contributed by atoms with Crippen molar-refractivity contribution in [1.82, 2.24) is 24.4 Å². The molecule has 0 saturated carbocycles. The average molecular weight is 654 g/mol. The Morgan fingerprint density at radius 3 is 2.36 bits per heavy atom. The lowest BCUT2D eigenvalue weighted by atomic mass is 10.1. The van der Waals surface area contributed by atoms with Gasteiger partial charge in [-0.05, 0) is 48.8 Å². The minimum atomic E-state index is -4.68. The van der Waals surface area contributed by atoms with E-state index in [1.165, 1.54) is 41.5 Å². The Kier molecular flexibility index (Phi) is 13.2. The molecule has 1 amide bonds. The number of halogens is 5. The van der Waals surface area contributed by atoms with E-state index < -0.39 is 30.1 Å². The van der Waals surface area contributed by atoms with Crippen LogP contribution in [0.2, 0.25) is 0 Å². The summed E-state index contributed by atoms with van der Waals surface area (Å²) in [5, 5.41) is 4.36. The van der Waals surface area contributed by atoms with Crippen LogP contribution in [0.5, 0.6) is 0 Å². The molecule has 3 heterocycles. The molecule has 0 aliphatic carbocycles. The Morgan fingerprint density at radius 2 is 1.74 bits per heavy atom. The number of terminal acetylenes is 1. The lowest BCUT2D eigenvalue weighted by Crippen LogP contribution is -2.48. The Bertz CT molecular complexity index is 1650. The highest BCUT2D eigenvalue weighted by molar-refractivity contribution is 5.94. The fraction of sp³-hybridized carbons (Fsp3) is 0.294. The SMILES string of the molecule is C#C.CC/C=C\c1ncc(/C(C)=C/C=C(\CF)C(=O)N2CCN(Cc3ccc(F)cc3)CC2)n1/N=C/c1cnc(N)c(C(F)(F)F)c1. The van der Waals surface area contributed by atoms with E-state index in [1.807, 2.05) is 13.0 Å². The molecule has 1 fully saturated rings. The van der Waals surface area contributed by atoms with Crippen LogP contribution in [0.3, 0.4) is 0 Å². The van der Waals surface area contributed by atoms with E-state index in [-0.39, 0.29) is 17.0 Å². The number of anilines is 1. The zero-order valence-corrected chi connectivity index (χ0v) is 26.1. The van der Waals surface area contributed by atoms with Crippen molar-refractivity contribution in [2.45, 2.75) is 33.0 Å². The fourth-order valence-corrected chi connectivity index (χ4v) is 4.64. The Hall–Kier alpha value is -5.09. The molecule has 2 aromatic heterocycles. The topological polar surface area (TPSA) is 92.6 Å². The minimum absolute atomic E-state index is 0.0189. The van der Waals surface area contributed by atoms with E-state index in [4.69, 9.17) is 5.73 Å². The number of allylic oxidation sites excluding steroid dienone is 4. The number of nitrogen functional groups attached to an aromatic ring is 1. The maximum atomic E-state index is 14.1. The summed E-state index contributed by atoms with van der Waals surface area (Å²) in [6.07, 6.45) is 14.5. The molecular weight excluding hydrogens is 617 g/mol. The van der Waals surface area contributed by atoms with Gasteiger partial charge in [0.15, 0.2) is 5.82 Å². The number of piperazine rings is 1. The van der Waals surface area contributed by atoms with E-state index >= 15 is 0 Å². The molecule has 4 rings (SSSR count). The van der Waals surface area contributed by atoms with E-state index in [9.17, 15) is 26.7 Å². The molecule has 0 atom stereocenters. The first-order valence-corrected chi connectivity index (χ1v) is 14.6. The van der Waals surface area contributed by atoms with E-state index in [1.54, 1.807) is 36.1 Å². The molecule has 2 N–H and O–H groups in total. The third-order valence-corrected chi connectivity index (χ3v) is 7.17. The molecule has 0 unspecified atom stereocenters. The lowest BCUT2D eigenvalue weighted by molar-refractivity contribution is -0.137. The van der Waals surface area contributed by atoms with Gasteiger partial charge in [0.05, 0.1) is 23.7 Å². The molecule has 0 bridgehead atoms. The number of rotatable bonds is 10. The molecule has 8 nitrogen and oxygen atoms in total. The van der Waals surface area contributed by atoms with Crippen molar-refractivity contribution in [2.24, 2.45) is 5.10 Å². The maximum absolute atomic E-state index is 14.1. The number of hydrogen-bond donors (Lipinski definition) is 1. The summed E-state index contributed by atoms with van der Waals surface area (Å²) < 4.78 is 68.6. The summed E-state index contributed by atoms with van der Waals surface area (Å²) in [7, 11) is 0. The molecule has 1 aliphatic heterocycles. The molecule has 1 aromatic carbocycles. The van der Waals surface area contributed by atoms with Crippen molar-refractivity contribution in [2.75, 3.05) is 38.6 Å². The zero-order chi connectivity index (χ0) is 34.6. The molecule has 0 radical (unpaired) electrons. The van der Waals surface area contributed by atoms with E-state index in [0.717, 1.165) is 11.6 Å². The summed E-state index contributed by atoms with van der Waals surface area (Å²) in [6.45, 7) is 5.35. The number of carbonyl (C=O) groups is 1. The van der Waals surface area contributed by atoms with Crippen LogP contribution < -0.4 is 5.73 Å². The highest BCUT2D eigenvalue weighted by atomic mass is 19.4. The number of benzene rings is 1. The number of hydrogen-bond acceptors (Lipinski definition) is 6. The number of imidazole rings is 1. The molecular formula is C34H36F5N7O. The Labute approximate surface area is 270 Å². The summed E-state index contributed by atoms with van der Waals surface area (Å²) in [5.74, 6) is -0.921. The fourth-order valence-electron chi connectivity index (χ4n) is 4.64. The molecule has 13 heteroatoms. The lowest BCUT2D eigenvalue weighted by Gasteiger charge is -2.35. The number of amides is 1. The molecule has 0 spiro atoms. The second-order valence-electron chi connectivity index (χ2n) is 10.4. The number of alkyl halides is 4. The first-order chi connectivity index (χ1) is 22.5. The van der Waals surface area contributed by atoms with E-state index in [2.05, 4.69) is 32.8 Å². The van der Waals surface area contributed by atoms with Crippen molar-refractivity contribution in [1.29, 1.82) is 0 Å². The predicted octanol–water partition coefficient (Wildman–Crippen LogP) is 6.22. The maximum Gasteiger partial charge on any atom is 0.419 e. The predicted molar refractivity (Wildman–Crippen MR) is 174 cm³/mol. The van der Waals surface area contributed by atoms with Crippen LogP contribution >= 0.6 is 0 Å². The first kappa shape index (κ1) is 36.4. The van der Waals surface area contributed by atoms with Gasteiger partial charge in [-0.25, -0.2) is 23.4 Å². The third-order valence-electron chi connectivity index (χ3n) is 7.17. The molecule has 1 aliphatic rings. The van der Waals surface area contributed by atoms with Crippen molar-refractivity contribution >= 4 is 29.6 Å². The summed E-state index contributed by atoms with van der Waals surface area (Å²) in [5.41, 5.74) is 6.43. The van der Waals surface area contributed by atoms with Gasteiger partial charge < -0.3 is 10.6 Å². The smallest absolute Gasteiger partial charge is 0.383 e. The third kappa shape index (κ3) is 9.95. The van der Waals surface area contributed by atoms with Gasteiger partial charge in [0, 0.05) is 50.1 Å². The number of carbonyl (C=O) groups excluding carboxylic acids is 1. The van der Waals surface area contributed by atoms with Crippen molar-refractivity contribution in [3.63, 3.8) is 0 Å². The second-order valence-corrected chi connectivity index (χ2v) is 10.4. The van der Waals surface area contributed by atoms with Gasteiger partial charge in [0.2, 0.25) is 0 Å². The highest BCUT2D eigenvalue weighted by Crippen LogP contribution is 2.32.